The van der Waals surface area contributed by atoms with Crippen molar-refractivity contribution in [2.24, 2.45) is 0 Å². The molecule has 1 amide bonds. The molecule has 0 bridgehead atoms. The molecule has 0 aromatic heterocycles. The molecule has 0 spiro atoms. The SMILES string of the molecule is CCOC(=O)NCC(=O)c1ccc(N2CCOCC2)cc1. The standard InChI is InChI=1S/C15H20N2O4/c1-2-21-15(19)16-11-14(18)12-3-5-13(6-4-12)17-7-9-20-10-8-17/h3-6H,2,7-11H2,1H3,(H,16,19). The van der Waals surface area contributed by atoms with E-state index in [9.17, 15) is 9.59 Å². The molecule has 21 heavy (non-hydrogen) atoms. The third kappa shape index (κ3) is 4.46. The van der Waals surface area contributed by atoms with Crippen LogP contribution in [0.15, 0.2) is 24.3 Å². The number of nitrogens with one attached hydrogen (secondary N) is 1. The summed E-state index contributed by atoms with van der Waals surface area (Å²) in [4.78, 5) is 25.3. The van der Waals surface area contributed by atoms with Crippen molar-refractivity contribution in [3.8, 4) is 0 Å². The summed E-state index contributed by atoms with van der Waals surface area (Å²) in [6, 6.07) is 7.39. The highest BCUT2D eigenvalue weighted by molar-refractivity contribution is 5.99. The lowest BCUT2D eigenvalue weighted by molar-refractivity contribution is 0.0979. The lowest BCUT2D eigenvalue weighted by Gasteiger charge is -2.28. The van der Waals surface area contributed by atoms with Crippen LogP contribution in [0.3, 0.4) is 0 Å². The van der Waals surface area contributed by atoms with Gasteiger partial charge in [-0.3, -0.25) is 4.79 Å². The summed E-state index contributed by atoms with van der Waals surface area (Å²) in [5, 5.41) is 2.42. The maximum absolute atomic E-state index is 11.9. The first kappa shape index (κ1) is 15.3. The van der Waals surface area contributed by atoms with Crippen molar-refractivity contribution < 1.29 is 19.1 Å². The molecule has 6 nitrogen and oxygen atoms in total. The fourth-order valence-electron chi connectivity index (χ4n) is 2.12. The first-order chi connectivity index (χ1) is 10.2. The monoisotopic (exact) mass is 292 g/mol. The average Bonchev–Trinajstić information content (AvgIpc) is 2.54. The number of rotatable bonds is 5. The van der Waals surface area contributed by atoms with Crippen molar-refractivity contribution >= 4 is 17.6 Å². The van der Waals surface area contributed by atoms with Crippen LogP contribution in [0.25, 0.3) is 0 Å². The van der Waals surface area contributed by atoms with Crippen LogP contribution in [0.2, 0.25) is 0 Å². The Balaban J connectivity index is 1.88. The van der Waals surface area contributed by atoms with E-state index in [1.54, 1.807) is 19.1 Å². The lowest BCUT2D eigenvalue weighted by atomic mass is 10.1. The third-order valence-electron chi connectivity index (χ3n) is 3.23. The second-order valence-electron chi connectivity index (χ2n) is 4.64. The topological polar surface area (TPSA) is 67.9 Å². The Bertz CT molecular complexity index is 481. The second-order valence-corrected chi connectivity index (χ2v) is 4.64. The number of amides is 1. The minimum atomic E-state index is -0.573. The number of carbonyl (C=O) groups excluding carboxylic acids is 2. The quantitative estimate of drug-likeness (QED) is 0.832. The number of nitrogens with zero attached hydrogens (tertiary/aromatic N) is 1. The number of Topliss-reactive ketones (excluding diaryl/α,β-unsaturated/α-hetero) is 1. The molecule has 0 aliphatic carbocycles. The van der Waals surface area contributed by atoms with Crippen LogP contribution in [-0.4, -0.2) is 51.3 Å². The number of alkyl carbamates (subject to hydrolysis) is 1. The van der Waals surface area contributed by atoms with E-state index in [-0.39, 0.29) is 18.9 Å². The maximum atomic E-state index is 11.9. The molecule has 1 heterocycles. The van der Waals surface area contributed by atoms with Crippen molar-refractivity contribution in [1.82, 2.24) is 5.32 Å². The molecule has 0 atom stereocenters. The van der Waals surface area contributed by atoms with Crippen molar-refractivity contribution in [2.45, 2.75) is 6.92 Å². The fourth-order valence-corrected chi connectivity index (χ4v) is 2.12. The van der Waals surface area contributed by atoms with Crippen LogP contribution >= 0.6 is 0 Å². The van der Waals surface area contributed by atoms with Gasteiger partial charge in [-0.2, -0.15) is 0 Å². The van der Waals surface area contributed by atoms with Gasteiger partial charge in [0.1, 0.15) is 0 Å². The van der Waals surface area contributed by atoms with Gasteiger partial charge in [-0.25, -0.2) is 4.79 Å². The summed E-state index contributed by atoms with van der Waals surface area (Å²) in [5.41, 5.74) is 1.65. The number of carbonyl (C=O) groups is 2. The summed E-state index contributed by atoms with van der Waals surface area (Å²) < 4.78 is 10.0. The second kappa shape index (κ2) is 7.64. The molecule has 1 saturated heterocycles. The van der Waals surface area contributed by atoms with Crippen molar-refractivity contribution in [2.75, 3.05) is 44.4 Å². The fraction of sp³-hybridized carbons (Fsp3) is 0.467. The predicted molar refractivity (Wildman–Crippen MR) is 78.8 cm³/mol. The smallest absolute Gasteiger partial charge is 0.407 e. The summed E-state index contributed by atoms with van der Waals surface area (Å²) >= 11 is 0. The predicted octanol–water partition coefficient (Wildman–Crippen LogP) is 1.45. The molecular weight excluding hydrogens is 272 g/mol. The Morgan fingerprint density at radius 2 is 1.90 bits per heavy atom. The molecule has 114 valence electrons. The van der Waals surface area contributed by atoms with E-state index >= 15 is 0 Å². The van der Waals surface area contributed by atoms with Crippen molar-refractivity contribution in [3.05, 3.63) is 29.8 Å². The van der Waals surface area contributed by atoms with E-state index in [0.717, 1.165) is 32.0 Å². The molecule has 0 saturated carbocycles. The third-order valence-corrected chi connectivity index (χ3v) is 3.23. The highest BCUT2D eigenvalue weighted by atomic mass is 16.5. The lowest BCUT2D eigenvalue weighted by Crippen LogP contribution is -2.36. The summed E-state index contributed by atoms with van der Waals surface area (Å²) in [6.07, 6.45) is -0.573. The highest BCUT2D eigenvalue weighted by Gasteiger charge is 2.12. The van der Waals surface area contributed by atoms with E-state index in [2.05, 4.69) is 10.2 Å². The van der Waals surface area contributed by atoms with Gasteiger partial charge in [-0.15, -0.1) is 0 Å². The van der Waals surface area contributed by atoms with Gasteiger partial charge in [-0.05, 0) is 31.2 Å². The van der Waals surface area contributed by atoms with Gasteiger partial charge in [0.15, 0.2) is 5.78 Å². The van der Waals surface area contributed by atoms with E-state index < -0.39 is 6.09 Å². The van der Waals surface area contributed by atoms with Crippen molar-refractivity contribution in [3.63, 3.8) is 0 Å². The molecule has 2 rings (SSSR count). The van der Waals surface area contributed by atoms with Crippen LogP contribution < -0.4 is 10.2 Å². The van der Waals surface area contributed by atoms with Gasteiger partial charge in [0, 0.05) is 24.3 Å². The van der Waals surface area contributed by atoms with Crippen LogP contribution in [0.1, 0.15) is 17.3 Å². The van der Waals surface area contributed by atoms with Gasteiger partial charge in [0.2, 0.25) is 0 Å². The largest absolute Gasteiger partial charge is 0.450 e. The van der Waals surface area contributed by atoms with Gasteiger partial charge >= 0.3 is 6.09 Å². The molecule has 1 N–H and O–H groups in total. The average molecular weight is 292 g/mol. The normalized spacial score (nSPS) is 14.6. The number of ketones is 1. The Morgan fingerprint density at radius 3 is 2.52 bits per heavy atom. The summed E-state index contributed by atoms with van der Waals surface area (Å²) in [7, 11) is 0. The maximum Gasteiger partial charge on any atom is 0.407 e. The minimum absolute atomic E-state index is 0.0598. The van der Waals surface area contributed by atoms with Crippen molar-refractivity contribution in [1.29, 1.82) is 0 Å². The first-order valence-corrected chi connectivity index (χ1v) is 7.07. The van der Waals surface area contributed by atoms with E-state index in [0.29, 0.717) is 5.56 Å². The number of hydrogen-bond acceptors (Lipinski definition) is 5. The van der Waals surface area contributed by atoms with Gasteiger partial charge in [0.05, 0.1) is 26.4 Å². The van der Waals surface area contributed by atoms with E-state index in [1.165, 1.54) is 0 Å². The van der Waals surface area contributed by atoms with Crippen LogP contribution in [0, 0.1) is 0 Å². The number of benzene rings is 1. The molecular formula is C15H20N2O4. The molecule has 1 aromatic carbocycles. The Hall–Kier alpha value is -2.08. The molecule has 1 aliphatic heterocycles. The molecule has 6 heteroatoms. The van der Waals surface area contributed by atoms with Gasteiger partial charge in [-0.1, -0.05) is 0 Å². The van der Waals surface area contributed by atoms with Crippen LogP contribution in [0.5, 0.6) is 0 Å². The van der Waals surface area contributed by atoms with Crippen LogP contribution in [-0.2, 0) is 9.47 Å². The zero-order valence-electron chi connectivity index (χ0n) is 12.1. The van der Waals surface area contributed by atoms with Gasteiger partial charge in [0.25, 0.3) is 0 Å². The summed E-state index contributed by atoms with van der Waals surface area (Å²) in [5.74, 6) is -0.142. The van der Waals surface area contributed by atoms with E-state index in [4.69, 9.17) is 9.47 Å². The van der Waals surface area contributed by atoms with E-state index in [1.807, 2.05) is 12.1 Å². The Morgan fingerprint density at radius 1 is 1.24 bits per heavy atom. The first-order valence-electron chi connectivity index (χ1n) is 7.07. The number of hydrogen-bond donors (Lipinski definition) is 1. The van der Waals surface area contributed by atoms with Gasteiger partial charge < -0.3 is 19.7 Å². The Labute approximate surface area is 124 Å². The molecule has 0 unspecified atom stereocenters. The number of morpholine rings is 1. The number of ether oxygens (including phenoxy) is 2. The molecule has 1 fully saturated rings. The zero-order chi connectivity index (χ0) is 15.1. The van der Waals surface area contributed by atoms with Crippen LogP contribution in [0.4, 0.5) is 10.5 Å². The minimum Gasteiger partial charge on any atom is -0.450 e. The highest BCUT2D eigenvalue weighted by Crippen LogP contribution is 2.16. The Kier molecular flexibility index (Phi) is 5.57. The molecule has 0 radical (unpaired) electrons. The molecule has 1 aromatic rings. The zero-order valence-corrected chi connectivity index (χ0v) is 12.1. The molecule has 1 aliphatic rings. The summed E-state index contributed by atoms with van der Waals surface area (Å²) in [6.45, 7) is 5.11. The number of anilines is 1.